The molecule has 88 valence electrons. The topological polar surface area (TPSA) is 38.9 Å². The Kier molecular flexibility index (Phi) is 4.36. The minimum Gasteiger partial charge on any atom is -0.324 e. The van der Waals surface area contributed by atoms with E-state index in [4.69, 9.17) is 17.3 Å². The highest BCUT2D eigenvalue weighted by Gasteiger charge is 2.09. The van der Waals surface area contributed by atoms with Crippen LogP contribution in [0.1, 0.15) is 17.3 Å². The van der Waals surface area contributed by atoms with Crippen LogP contribution in [0.4, 0.5) is 0 Å². The van der Waals surface area contributed by atoms with Gasteiger partial charge in [0.1, 0.15) is 0 Å². The molecule has 0 fully saturated rings. The molecule has 2 N–H and O–H groups in total. The molecule has 1 atom stereocenters. The number of nitrogens with zero attached hydrogens (tertiary/aromatic N) is 1. The predicted octanol–water partition coefficient (Wildman–Crippen LogP) is 3.58. The average Bonchev–Trinajstić information content (AvgIpc) is 2.34. The lowest BCUT2D eigenvalue weighted by atomic mass is 10.0. The molecule has 4 heteroatoms. The molecular weight excluding hydrogens is 347 g/mol. The van der Waals surface area contributed by atoms with Crippen LogP contribution >= 0.6 is 34.2 Å². The summed E-state index contributed by atoms with van der Waals surface area (Å²) >= 11 is 8.29. The Morgan fingerprint density at radius 1 is 1.29 bits per heavy atom. The lowest BCUT2D eigenvalue weighted by Gasteiger charge is -2.12. The highest BCUT2D eigenvalue weighted by Crippen LogP contribution is 2.23. The quantitative estimate of drug-likeness (QED) is 0.852. The van der Waals surface area contributed by atoms with Crippen molar-refractivity contribution in [1.82, 2.24) is 4.98 Å². The SMILES string of the molecule is NC(Cc1ccccn1)c1ccc(I)c(Cl)c1. The van der Waals surface area contributed by atoms with E-state index in [0.29, 0.717) is 0 Å². The summed E-state index contributed by atoms with van der Waals surface area (Å²) < 4.78 is 1.04. The zero-order valence-corrected chi connectivity index (χ0v) is 12.0. The van der Waals surface area contributed by atoms with E-state index in [9.17, 15) is 0 Å². The van der Waals surface area contributed by atoms with E-state index in [0.717, 1.165) is 26.3 Å². The summed E-state index contributed by atoms with van der Waals surface area (Å²) in [5.74, 6) is 0. The Labute approximate surface area is 119 Å². The van der Waals surface area contributed by atoms with Gasteiger partial charge in [0.15, 0.2) is 0 Å². The van der Waals surface area contributed by atoms with Crippen molar-refractivity contribution in [2.24, 2.45) is 5.73 Å². The first kappa shape index (κ1) is 12.8. The highest BCUT2D eigenvalue weighted by molar-refractivity contribution is 14.1. The Morgan fingerprint density at radius 2 is 2.12 bits per heavy atom. The molecule has 0 saturated heterocycles. The fourth-order valence-corrected chi connectivity index (χ4v) is 2.13. The molecule has 2 aromatic rings. The van der Waals surface area contributed by atoms with Crippen molar-refractivity contribution >= 4 is 34.2 Å². The monoisotopic (exact) mass is 358 g/mol. The number of hydrogen-bond acceptors (Lipinski definition) is 2. The van der Waals surface area contributed by atoms with Crippen LogP contribution in [0.2, 0.25) is 5.02 Å². The van der Waals surface area contributed by atoms with Crippen LogP contribution in [0.3, 0.4) is 0 Å². The second-order valence-electron chi connectivity index (χ2n) is 3.81. The minimum absolute atomic E-state index is 0.0700. The normalized spacial score (nSPS) is 12.4. The number of benzene rings is 1. The lowest BCUT2D eigenvalue weighted by molar-refractivity contribution is 0.706. The molecule has 0 amide bonds. The summed E-state index contributed by atoms with van der Waals surface area (Å²) in [5, 5.41) is 0.750. The molecule has 17 heavy (non-hydrogen) atoms. The molecule has 1 heterocycles. The molecule has 0 bridgehead atoms. The molecule has 0 aliphatic rings. The van der Waals surface area contributed by atoms with Gasteiger partial charge in [-0.1, -0.05) is 23.7 Å². The van der Waals surface area contributed by atoms with E-state index in [1.807, 2.05) is 36.4 Å². The summed E-state index contributed by atoms with van der Waals surface area (Å²) in [6, 6.07) is 11.7. The lowest BCUT2D eigenvalue weighted by Crippen LogP contribution is -2.14. The molecule has 0 aliphatic heterocycles. The first-order valence-electron chi connectivity index (χ1n) is 5.27. The third-order valence-corrected chi connectivity index (χ3v) is 4.10. The number of rotatable bonds is 3. The van der Waals surface area contributed by atoms with Crippen LogP contribution in [0, 0.1) is 3.57 Å². The van der Waals surface area contributed by atoms with Gasteiger partial charge in [0.05, 0.1) is 5.02 Å². The van der Waals surface area contributed by atoms with Crippen molar-refractivity contribution in [3.63, 3.8) is 0 Å². The fourth-order valence-electron chi connectivity index (χ4n) is 1.61. The van der Waals surface area contributed by atoms with E-state index >= 15 is 0 Å². The van der Waals surface area contributed by atoms with E-state index < -0.39 is 0 Å². The maximum atomic E-state index is 6.14. The number of halogens is 2. The molecule has 0 spiro atoms. The van der Waals surface area contributed by atoms with Crippen molar-refractivity contribution < 1.29 is 0 Å². The molecule has 1 aromatic heterocycles. The third kappa shape index (κ3) is 3.40. The molecule has 2 rings (SSSR count). The Hall–Kier alpha value is -0.650. The van der Waals surface area contributed by atoms with Crippen molar-refractivity contribution in [1.29, 1.82) is 0 Å². The Balaban J connectivity index is 2.14. The minimum atomic E-state index is -0.0700. The van der Waals surface area contributed by atoms with Crippen LogP contribution in [0.25, 0.3) is 0 Å². The molecule has 0 radical (unpaired) electrons. The molecule has 0 saturated carbocycles. The zero-order valence-electron chi connectivity index (χ0n) is 9.11. The van der Waals surface area contributed by atoms with Crippen LogP contribution in [0.15, 0.2) is 42.6 Å². The number of aromatic nitrogens is 1. The van der Waals surface area contributed by atoms with Gasteiger partial charge in [-0.05, 0) is 52.4 Å². The first-order chi connectivity index (χ1) is 8.16. The summed E-state index contributed by atoms with van der Waals surface area (Å²) in [4.78, 5) is 4.27. The molecule has 0 aliphatic carbocycles. The van der Waals surface area contributed by atoms with E-state index in [-0.39, 0.29) is 6.04 Å². The summed E-state index contributed by atoms with van der Waals surface area (Å²) in [6.45, 7) is 0. The van der Waals surface area contributed by atoms with Crippen LogP contribution in [0.5, 0.6) is 0 Å². The molecular formula is C13H12ClIN2. The zero-order chi connectivity index (χ0) is 12.3. The van der Waals surface area contributed by atoms with Gasteiger partial charge in [-0.2, -0.15) is 0 Å². The standard InChI is InChI=1S/C13H12ClIN2/c14-11-7-9(4-5-12(11)15)13(16)8-10-3-1-2-6-17-10/h1-7,13H,8,16H2. The van der Waals surface area contributed by atoms with Crippen LogP contribution in [-0.2, 0) is 6.42 Å². The van der Waals surface area contributed by atoms with Gasteiger partial charge in [-0.25, -0.2) is 0 Å². The van der Waals surface area contributed by atoms with Crippen LogP contribution in [-0.4, -0.2) is 4.98 Å². The van der Waals surface area contributed by atoms with Gasteiger partial charge in [0.2, 0.25) is 0 Å². The molecule has 1 aromatic carbocycles. The van der Waals surface area contributed by atoms with Crippen molar-refractivity contribution in [2.45, 2.75) is 12.5 Å². The number of pyridine rings is 1. The van der Waals surface area contributed by atoms with E-state index in [2.05, 4.69) is 27.6 Å². The summed E-state index contributed by atoms with van der Waals surface area (Å²) in [7, 11) is 0. The van der Waals surface area contributed by atoms with Crippen LogP contribution < -0.4 is 5.73 Å². The number of nitrogens with two attached hydrogens (primary N) is 1. The Morgan fingerprint density at radius 3 is 2.76 bits per heavy atom. The smallest absolute Gasteiger partial charge is 0.0542 e. The van der Waals surface area contributed by atoms with Gasteiger partial charge in [-0.15, -0.1) is 0 Å². The van der Waals surface area contributed by atoms with Crippen molar-refractivity contribution in [2.75, 3.05) is 0 Å². The first-order valence-corrected chi connectivity index (χ1v) is 6.73. The number of hydrogen-bond donors (Lipinski definition) is 1. The summed E-state index contributed by atoms with van der Waals surface area (Å²) in [5.41, 5.74) is 8.18. The van der Waals surface area contributed by atoms with Crippen molar-refractivity contribution in [3.8, 4) is 0 Å². The highest BCUT2D eigenvalue weighted by atomic mass is 127. The predicted molar refractivity (Wildman–Crippen MR) is 79.0 cm³/mol. The fraction of sp³-hybridized carbons (Fsp3) is 0.154. The van der Waals surface area contributed by atoms with E-state index in [1.54, 1.807) is 6.20 Å². The second-order valence-corrected chi connectivity index (χ2v) is 5.37. The molecule has 2 nitrogen and oxygen atoms in total. The average molecular weight is 359 g/mol. The maximum Gasteiger partial charge on any atom is 0.0542 e. The van der Waals surface area contributed by atoms with Gasteiger partial charge < -0.3 is 5.73 Å². The molecule has 1 unspecified atom stereocenters. The van der Waals surface area contributed by atoms with Gasteiger partial charge in [-0.3, -0.25) is 4.98 Å². The van der Waals surface area contributed by atoms with Gasteiger partial charge in [0, 0.05) is 27.9 Å². The Bertz CT molecular complexity index is 502. The maximum absolute atomic E-state index is 6.14. The second kappa shape index (κ2) is 5.80. The summed E-state index contributed by atoms with van der Waals surface area (Å²) in [6.07, 6.45) is 2.50. The van der Waals surface area contributed by atoms with Gasteiger partial charge >= 0.3 is 0 Å². The third-order valence-electron chi connectivity index (χ3n) is 2.53. The van der Waals surface area contributed by atoms with E-state index in [1.165, 1.54) is 0 Å². The van der Waals surface area contributed by atoms with Crippen molar-refractivity contribution in [3.05, 3.63) is 62.4 Å². The largest absolute Gasteiger partial charge is 0.324 e. The van der Waals surface area contributed by atoms with Gasteiger partial charge in [0.25, 0.3) is 0 Å².